The second-order valence-electron chi connectivity index (χ2n) is 5.57. The minimum Gasteiger partial charge on any atom is -0.339 e. The lowest BCUT2D eigenvalue weighted by molar-refractivity contribution is -0.135. The number of piperidine rings is 1. The van der Waals surface area contributed by atoms with E-state index in [4.69, 9.17) is 0 Å². The molecule has 1 saturated carbocycles. The molecular formula is C13H24N2O. The molecule has 0 atom stereocenters. The molecule has 0 spiro atoms. The largest absolute Gasteiger partial charge is 0.339 e. The summed E-state index contributed by atoms with van der Waals surface area (Å²) in [6.45, 7) is 7.28. The molecule has 92 valence electrons. The van der Waals surface area contributed by atoms with Crippen LogP contribution in [-0.4, -0.2) is 36.5 Å². The third kappa shape index (κ3) is 2.97. The fourth-order valence-electron chi connectivity index (χ4n) is 2.48. The Morgan fingerprint density at radius 1 is 1.25 bits per heavy atom. The number of hydrogen-bond acceptors (Lipinski definition) is 2. The number of hydrogen-bond donors (Lipinski definition) is 1. The Hall–Kier alpha value is -0.570. The Balaban J connectivity index is 1.89. The molecule has 0 aromatic rings. The molecule has 1 amide bonds. The maximum absolute atomic E-state index is 12.1. The van der Waals surface area contributed by atoms with E-state index in [1.165, 1.54) is 25.7 Å². The molecule has 0 bridgehead atoms. The van der Waals surface area contributed by atoms with Crippen LogP contribution in [-0.2, 0) is 4.79 Å². The molecule has 2 rings (SSSR count). The van der Waals surface area contributed by atoms with Gasteiger partial charge in [0.15, 0.2) is 0 Å². The van der Waals surface area contributed by atoms with Crippen molar-refractivity contribution in [2.45, 2.75) is 45.6 Å². The van der Waals surface area contributed by atoms with Crippen molar-refractivity contribution in [3.63, 3.8) is 0 Å². The molecular weight excluding hydrogens is 200 g/mol. The Morgan fingerprint density at radius 3 is 2.38 bits per heavy atom. The number of amides is 1. The van der Waals surface area contributed by atoms with Crippen molar-refractivity contribution in [2.24, 2.45) is 11.8 Å². The normalized spacial score (nSPS) is 22.4. The van der Waals surface area contributed by atoms with Gasteiger partial charge in [-0.25, -0.2) is 0 Å². The number of carbonyl (C=O) groups is 1. The van der Waals surface area contributed by atoms with Crippen molar-refractivity contribution in [3.05, 3.63) is 0 Å². The average Bonchev–Trinajstić information content (AvgIpc) is 3.10. The fraction of sp³-hybridized carbons (Fsp3) is 0.923. The summed E-state index contributed by atoms with van der Waals surface area (Å²) in [5, 5.41) is 3.38. The molecule has 1 saturated heterocycles. The molecule has 0 aromatic carbocycles. The lowest BCUT2D eigenvalue weighted by atomic mass is 9.97. The van der Waals surface area contributed by atoms with E-state index in [0.29, 0.717) is 11.9 Å². The van der Waals surface area contributed by atoms with Crippen LogP contribution in [0, 0.1) is 11.8 Å². The van der Waals surface area contributed by atoms with E-state index < -0.39 is 0 Å². The summed E-state index contributed by atoms with van der Waals surface area (Å²) in [4.78, 5) is 14.3. The van der Waals surface area contributed by atoms with Crippen molar-refractivity contribution in [3.8, 4) is 0 Å². The highest BCUT2D eigenvalue weighted by molar-refractivity contribution is 5.78. The predicted molar refractivity (Wildman–Crippen MR) is 65.2 cm³/mol. The van der Waals surface area contributed by atoms with Crippen molar-refractivity contribution >= 4 is 5.91 Å². The van der Waals surface area contributed by atoms with Crippen molar-refractivity contribution < 1.29 is 4.79 Å². The van der Waals surface area contributed by atoms with Gasteiger partial charge in [0, 0.05) is 18.5 Å². The van der Waals surface area contributed by atoms with E-state index in [-0.39, 0.29) is 5.92 Å². The third-order valence-electron chi connectivity index (χ3n) is 3.68. The first-order valence-electron chi connectivity index (χ1n) is 6.69. The zero-order valence-corrected chi connectivity index (χ0v) is 10.5. The summed E-state index contributed by atoms with van der Waals surface area (Å²) in [7, 11) is 0. The highest BCUT2D eigenvalue weighted by Gasteiger charge is 2.34. The van der Waals surface area contributed by atoms with E-state index in [9.17, 15) is 4.79 Å². The van der Waals surface area contributed by atoms with E-state index in [1.807, 2.05) is 13.8 Å². The summed E-state index contributed by atoms with van der Waals surface area (Å²) in [5.74, 6) is 1.24. The van der Waals surface area contributed by atoms with Gasteiger partial charge in [-0.2, -0.15) is 0 Å². The first-order chi connectivity index (χ1) is 7.68. The number of nitrogens with one attached hydrogen (secondary N) is 1. The van der Waals surface area contributed by atoms with Crippen LogP contribution >= 0.6 is 0 Å². The van der Waals surface area contributed by atoms with Gasteiger partial charge in [0.05, 0.1) is 0 Å². The first kappa shape index (κ1) is 11.9. The maximum atomic E-state index is 12.1. The lowest BCUT2D eigenvalue weighted by Gasteiger charge is -2.31. The smallest absolute Gasteiger partial charge is 0.225 e. The molecule has 0 radical (unpaired) electrons. The van der Waals surface area contributed by atoms with Crippen LogP contribution in [0.2, 0.25) is 0 Å². The Kier molecular flexibility index (Phi) is 3.85. The summed E-state index contributed by atoms with van der Waals surface area (Å²) >= 11 is 0. The number of rotatable bonds is 4. The SMILES string of the molecule is CC(C)C(=O)N(CC1CCNCC1)C1CC1. The van der Waals surface area contributed by atoms with Crippen LogP contribution < -0.4 is 5.32 Å². The van der Waals surface area contributed by atoms with Crippen LogP contribution in [0.15, 0.2) is 0 Å². The van der Waals surface area contributed by atoms with E-state index >= 15 is 0 Å². The van der Waals surface area contributed by atoms with Gasteiger partial charge in [0.2, 0.25) is 5.91 Å². The second kappa shape index (κ2) is 5.17. The maximum Gasteiger partial charge on any atom is 0.225 e. The van der Waals surface area contributed by atoms with Gasteiger partial charge in [0.1, 0.15) is 0 Å². The Bertz CT molecular complexity index is 242. The number of nitrogens with zero attached hydrogens (tertiary/aromatic N) is 1. The average molecular weight is 224 g/mol. The molecule has 1 heterocycles. The van der Waals surface area contributed by atoms with Crippen molar-refractivity contribution in [1.82, 2.24) is 10.2 Å². The van der Waals surface area contributed by atoms with Gasteiger partial charge < -0.3 is 10.2 Å². The second-order valence-corrected chi connectivity index (χ2v) is 5.57. The molecule has 3 heteroatoms. The predicted octanol–water partition coefficient (Wildman–Crippen LogP) is 1.63. The summed E-state index contributed by atoms with van der Waals surface area (Å²) in [5.41, 5.74) is 0. The molecule has 2 aliphatic rings. The molecule has 2 fully saturated rings. The van der Waals surface area contributed by atoms with Crippen LogP contribution in [0.1, 0.15) is 39.5 Å². The summed E-state index contributed by atoms with van der Waals surface area (Å²) in [6, 6.07) is 0.574. The van der Waals surface area contributed by atoms with E-state index in [0.717, 1.165) is 25.6 Å². The topological polar surface area (TPSA) is 32.3 Å². The highest BCUT2D eigenvalue weighted by Crippen LogP contribution is 2.30. The molecule has 16 heavy (non-hydrogen) atoms. The van der Waals surface area contributed by atoms with Crippen LogP contribution in [0.25, 0.3) is 0 Å². The fourth-order valence-corrected chi connectivity index (χ4v) is 2.48. The Morgan fingerprint density at radius 2 is 1.88 bits per heavy atom. The molecule has 3 nitrogen and oxygen atoms in total. The standard InChI is InChI=1S/C13H24N2O/c1-10(2)13(16)15(12-3-4-12)9-11-5-7-14-8-6-11/h10-12,14H,3-9H2,1-2H3. The van der Waals surface area contributed by atoms with E-state index in [2.05, 4.69) is 10.2 Å². The Labute approximate surface area is 98.6 Å². The minimum atomic E-state index is 0.155. The summed E-state index contributed by atoms with van der Waals surface area (Å²) < 4.78 is 0. The summed E-state index contributed by atoms with van der Waals surface area (Å²) in [6.07, 6.45) is 4.91. The van der Waals surface area contributed by atoms with Gasteiger partial charge >= 0.3 is 0 Å². The van der Waals surface area contributed by atoms with Gasteiger partial charge in [-0.05, 0) is 44.7 Å². The van der Waals surface area contributed by atoms with Gasteiger partial charge in [0.25, 0.3) is 0 Å². The van der Waals surface area contributed by atoms with Gasteiger partial charge in [-0.15, -0.1) is 0 Å². The van der Waals surface area contributed by atoms with Crippen LogP contribution in [0.3, 0.4) is 0 Å². The quantitative estimate of drug-likeness (QED) is 0.787. The molecule has 0 unspecified atom stereocenters. The minimum absolute atomic E-state index is 0.155. The highest BCUT2D eigenvalue weighted by atomic mass is 16.2. The molecule has 1 N–H and O–H groups in total. The lowest BCUT2D eigenvalue weighted by Crippen LogP contribution is -2.42. The molecule has 1 aliphatic carbocycles. The van der Waals surface area contributed by atoms with E-state index in [1.54, 1.807) is 0 Å². The third-order valence-corrected chi connectivity index (χ3v) is 3.68. The zero-order valence-electron chi connectivity index (χ0n) is 10.5. The van der Waals surface area contributed by atoms with Crippen LogP contribution in [0.5, 0.6) is 0 Å². The van der Waals surface area contributed by atoms with Crippen molar-refractivity contribution in [1.29, 1.82) is 0 Å². The zero-order chi connectivity index (χ0) is 11.5. The van der Waals surface area contributed by atoms with Crippen molar-refractivity contribution in [2.75, 3.05) is 19.6 Å². The number of carbonyl (C=O) groups excluding carboxylic acids is 1. The molecule has 1 aliphatic heterocycles. The van der Waals surface area contributed by atoms with Crippen LogP contribution in [0.4, 0.5) is 0 Å². The first-order valence-corrected chi connectivity index (χ1v) is 6.69. The molecule has 0 aromatic heterocycles. The van der Waals surface area contributed by atoms with Gasteiger partial charge in [-0.1, -0.05) is 13.8 Å². The van der Waals surface area contributed by atoms with Gasteiger partial charge in [-0.3, -0.25) is 4.79 Å². The monoisotopic (exact) mass is 224 g/mol.